The quantitative estimate of drug-likeness (QED) is 0.586. The van der Waals surface area contributed by atoms with Crippen LogP contribution in [0.2, 0.25) is 0 Å². The largest absolute Gasteiger partial charge is 0.450 e. The summed E-state index contributed by atoms with van der Waals surface area (Å²) in [5, 5.41) is 0. The zero-order chi connectivity index (χ0) is 11.9. The minimum atomic E-state index is 0.287. The Hall–Kier alpha value is -1.55. The smallest absolute Gasteiger partial charge is 0.393 e. The molecule has 0 saturated heterocycles. The Labute approximate surface area is 105 Å². The topological polar surface area (TPSA) is 48.2 Å². The minimum absolute atomic E-state index is 0.287. The lowest BCUT2D eigenvalue weighted by molar-refractivity contribution is 0.227. The van der Waals surface area contributed by atoms with E-state index in [1.54, 1.807) is 12.4 Å². The number of hydrogen-bond acceptors (Lipinski definition) is 4. The first-order chi connectivity index (χ1) is 8.38. The van der Waals surface area contributed by atoms with E-state index in [-0.39, 0.29) is 6.08 Å². The summed E-state index contributed by atoms with van der Waals surface area (Å²) >= 11 is 5.60. The number of ether oxygens (including phenoxy) is 1. The third-order valence-corrected chi connectivity index (χ3v) is 2.53. The maximum absolute atomic E-state index is 5.60. The van der Waals surface area contributed by atoms with Gasteiger partial charge in [0.05, 0.1) is 18.2 Å². The predicted molar refractivity (Wildman–Crippen MR) is 64.1 cm³/mol. The molecule has 0 unspecified atom stereocenters. The summed E-state index contributed by atoms with van der Waals surface area (Å²) < 4.78 is 10.4. The van der Waals surface area contributed by atoms with Crippen LogP contribution in [0.3, 0.4) is 0 Å². The van der Waals surface area contributed by atoms with Gasteiger partial charge in [-0.1, -0.05) is 0 Å². The highest BCUT2D eigenvalue weighted by molar-refractivity contribution is 6.16. The number of alkyl halides is 1. The highest BCUT2D eigenvalue weighted by Crippen LogP contribution is 2.12. The SMILES string of the molecule is ClCc1coc(OCCCc2ccncc2)n1. The van der Waals surface area contributed by atoms with Crippen LogP contribution in [0.5, 0.6) is 6.08 Å². The van der Waals surface area contributed by atoms with Crippen LogP contribution in [0.4, 0.5) is 0 Å². The summed E-state index contributed by atoms with van der Waals surface area (Å²) in [6.45, 7) is 0.574. The summed E-state index contributed by atoms with van der Waals surface area (Å²) in [6, 6.07) is 3.99. The van der Waals surface area contributed by atoms with Crippen molar-refractivity contribution in [2.24, 2.45) is 0 Å². The van der Waals surface area contributed by atoms with Gasteiger partial charge < -0.3 is 9.15 Å². The standard InChI is InChI=1S/C12H13ClN2O2/c13-8-11-9-17-12(15-11)16-7-1-2-10-3-5-14-6-4-10/h3-6,9H,1-2,7-8H2. The molecule has 0 radical (unpaired) electrons. The van der Waals surface area contributed by atoms with Crippen LogP contribution in [-0.4, -0.2) is 16.6 Å². The lowest BCUT2D eigenvalue weighted by atomic mass is 10.1. The average Bonchev–Trinajstić information content (AvgIpc) is 2.84. The van der Waals surface area contributed by atoms with Crippen molar-refractivity contribution in [1.29, 1.82) is 0 Å². The van der Waals surface area contributed by atoms with Gasteiger partial charge in [-0.05, 0) is 30.5 Å². The lowest BCUT2D eigenvalue weighted by Gasteiger charge is -2.01. The Balaban J connectivity index is 1.69. The highest BCUT2D eigenvalue weighted by Gasteiger charge is 2.03. The van der Waals surface area contributed by atoms with Crippen LogP contribution in [0.25, 0.3) is 0 Å². The highest BCUT2D eigenvalue weighted by atomic mass is 35.5. The normalized spacial score (nSPS) is 10.4. The first kappa shape index (κ1) is 11.9. The van der Waals surface area contributed by atoms with Gasteiger partial charge in [0.2, 0.25) is 0 Å². The van der Waals surface area contributed by atoms with E-state index in [1.165, 1.54) is 11.8 Å². The van der Waals surface area contributed by atoms with Gasteiger partial charge >= 0.3 is 6.08 Å². The van der Waals surface area contributed by atoms with Crippen molar-refractivity contribution in [2.45, 2.75) is 18.7 Å². The second-order valence-electron chi connectivity index (χ2n) is 3.55. The van der Waals surface area contributed by atoms with E-state index in [0.29, 0.717) is 18.2 Å². The Kier molecular flexibility index (Phi) is 4.38. The van der Waals surface area contributed by atoms with Crippen LogP contribution >= 0.6 is 11.6 Å². The first-order valence-electron chi connectivity index (χ1n) is 5.40. The molecule has 0 saturated carbocycles. The number of nitrogens with zero attached hydrogens (tertiary/aromatic N) is 2. The summed E-state index contributed by atoms with van der Waals surface area (Å²) in [7, 11) is 0. The van der Waals surface area contributed by atoms with Gasteiger partial charge in [0.25, 0.3) is 0 Å². The van der Waals surface area contributed by atoms with Gasteiger partial charge in [0, 0.05) is 12.4 Å². The molecule has 0 aliphatic carbocycles. The fourth-order valence-electron chi connectivity index (χ4n) is 1.40. The number of rotatable bonds is 6. The fraction of sp³-hybridized carbons (Fsp3) is 0.333. The molecule has 0 aliphatic rings. The molecule has 0 atom stereocenters. The van der Waals surface area contributed by atoms with Crippen molar-refractivity contribution in [1.82, 2.24) is 9.97 Å². The number of pyridine rings is 1. The predicted octanol–water partition coefficient (Wildman–Crippen LogP) is 2.82. The van der Waals surface area contributed by atoms with Gasteiger partial charge in [-0.25, -0.2) is 0 Å². The van der Waals surface area contributed by atoms with E-state index in [1.807, 2.05) is 12.1 Å². The number of hydrogen-bond donors (Lipinski definition) is 0. The molecular formula is C12H13ClN2O2. The Morgan fingerprint density at radius 1 is 1.29 bits per heavy atom. The van der Waals surface area contributed by atoms with Gasteiger partial charge in [0.15, 0.2) is 0 Å². The summed E-state index contributed by atoms with van der Waals surface area (Å²) in [5.41, 5.74) is 1.94. The van der Waals surface area contributed by atoms with E-state index in [4.69, 9.17) is 20.8 Å². The van der Waals surface area contributed by atoms with E-state index < -0.39 is 0 Å². The van der Waals surface area contributed by atoms with Crippen LogP contribution in [-0.2, 0) is 12.3 Å². The second-order valence-corrected chi connectivity index (χ2v) is 3.81. The van der Waals surface area contributed by atoms with Crippen molar-refractivity contribution in [3.05, 3.63) is 42.0 Å². The van der Waals surface area contributed by atoms with Crippen molar-refractivity contribution in [3.63, 3.8) is 0 Å². The van der Waals surface area contributed by atoms with Crippen LogP contribution in [0, 0.1) is 0 Å². The zero-order valence-corrected chi connectivity index (χ0v) is 10.1. The molecule has 2 aromatic rings. The van der Waals surface area contributed by atoms with Crippen molar-refractivity contribution < 1.29 is 9.15 Å². The molecule has 2 heterocycles. The summed E-state index contributed by atoms with van der Waals surface area (Å²) in [4.78, 5) is 8.01. The Bertz CT molecular complexity index is 445. The number of halogens is 1. The second kappa shape index (κ2) is 6.25. The van der Waals surface area contributed by atoms with Gasteiger partial charge in [-0.2, -0.15) is 4.98 Å². The van der Waals surface area contributed by atoms with Crippen molar-refractivity contribution in [3.8, 4) is 6.08 Å². The summed E-state index contributed by atoms with van der Waals surface area (Å²) in [5.74, 6) is 0.337. The van der Waals surface area contributed by atoms with Crippen LogP contribution in [0.1, 0.15) is 17.7 Å². The van der Waals surface area contributed by atoms with Crippen LogP contribution < -0.4 is 4.74 Å². The maximum Gasteiger partial charge on any atom is 0.393 e. The van der Waals surface area contributed by atoms with Crippen molar-refractivity contribution in [2.75, 3.05) is 6.61 Å². The van der Waals surface area contributed by atoms with E-state index in [0.717, 1.165) is 12.8 Å². The van der Waals surface area contributed by atoms with Gasteiger partial charge in [-0.3, -0.25) is 4.98 Å². The molecule has 17 heavy (non-hydrogen) atoms. The molecule has 2 rings (SSSR count). The molecule has 0 N–H and O–H groups in total. The average molecular weight is 253 g/mol. The third kappa shape index (κ3) is 3.75. The third-order valence-electron chi connectivity index (χ3n) is 2.25. The van der Waals surface area contributed by atoms with Crippen molar-refractivity contribution >= 4 is 11.6 Å². The van der Waals surface area contributed by atoms with Crippen LogP contribution in [0.15, 0.2) is 35.2 Å². The molecule has 0 bridgehead atoms. The molecular weight excluding hydrogens is 240 g/mol. The Morgan fingerprint density at radius 3 is 2.82 bits per heavy atom. The maximum atomic E-state index is 5.60. The fourth-order valence-corrected chi connectivity index (χ4v) is 1.52. The minimum Gasteiger partial charge on any atom is -0.450 e. The monoisotopic (exact) mass is 252 g/mol. The van der Waals surface area contributed by atoms with E-state index in [9.17, 15) is 0 Å². The molecule has 0 aliphatic heterocycles. The number of aromatic nitrogens is 2. The molecule has 4 nitrogen and oxygen atoms in total. The molecule has 90 valence electrons. The van der Waals surface area contributed by atoms with E-state index >= 15 is 0 Å². The van der Waals surface area contributed by atoms with Gasteiger partial charge in [0.1, 0.15) is 6.26 Å². The van der Waals surface area contributed by atoms with Gasteiger partial charge in [-0.15, -0.1) is 11.6 Å². The number of aryl methyl sites for hydroxylation is 1. The molecule has 0 amide bonds. The van der Waals surface area contributed by atoms with E-state index in [2.05, 4.69) is 9.97 Å². The molecule has 0 aromatic carbocycles. The molecule has 2 aromatic heterocycles. The lowest BCUT2D eigenvalue weighted by Crippen LogP contribution is -1.99. The zero-order valence-electron chi connectivity index (χ0n) is 9.30. The molecule has 5 heteroatoms. The number of oxazole rings is 1. The molecule has 0 spiro atoms. The molecule has 0 fully saturated rings. The summed E-state index contributed by atoms with van der Waals surface area (Å²) in [6.07, 6.45) is 7.23. The first-order valence-corrected chi connectivity index (χ1v) is 5.94. The Morgan fingerprint density at radius 2 is 2.12 bits per heavy atom.